The molecule has 0 spiro atoms. The van der Waals surface area contributed by atoms with Gasteiger partial charge in [-0.2, -0.15) is 13.2 Å². The fourth-order valence-corrected chi connectivity index (χ4v) is 6.69. The number of aryl methyl sites for hydroxylation is 2. The summed E-state index contributed by atoms with van der Waals surface area (Å²) in [6.45, 7) is 5.69. The summed E-state index contributed by atoms with van der Waals surface area (Å²) in [5, 5.41) is 0. The number of ether oxygens (including phenoxy) is 3. The zero-order valence-corrected chi connectivity index (χ0v) is 30.2. The molecule has 0 radical (unpaired) electrons. The first-order valence-corrected chi connectivity index (χ1v) is 19.0. The maximum absolute atomic E-state index is 13.6. The van der Waals surface area contributed by atoms with Crippen LogP contribution < -0.4 is 4.74 Å². The molecule has 0 N–H and O–H groups in total. The van der Waals surface area contributed by atoms with Gasteiger partial charge in [-0.1, -0.05) is 113 Å². The second-order valence-corrected chi connectivity index (χ2v) is 13.8. The first kappa shape index (κ1) is 39.5. The third kappa shape index (κ3) is 13.4. The van der Waals surface area contributed by atoms with Gasteiger partial charge in [-0.15, -0.1) is 0 Å². The predicted octanol–water partition coefficient (Wildman–Crippen LogP) is 11.8. The number of carbonyl (C=O) groups is 1. The molecule has 7 heteroatoms. The van der Waals surface area contributed by atoms with Crippen LogP contribution in [-0.2, 0) is 40.1 Å². The summed E-state index contributed by atoms with van der Waals surface area (Å²) in [6.07, 6.45) is 8.01. The molecule has 1 aliphatic rings. The first-order valence-electron chi connectivity index (χ1n) is 19.0. The molecule has 2 unspecified atom stereocenters. The van der Waals surface area contributed by atoms with Crippen LogP contribution in [0.1, 0.15) is 120 Å². The Labute approximate surface area is 298 Å². The topological polar surface area (TPSA) is 44.8 Å². The minimum Gasteiger partial charge on any atom is -0.489 e. The molecule has 0 heterocycles. The van der Waals surface area contributed by atoms with Crippen molar-refractivity contribution in [3.8, 4) is 16.9 Å². The summed E-state index contributed by atoms with van der Waals surface area (Å²) in [7, 11) is 0. The fourth-order valence-electron chi connectivity index (χ4n) is 6.69. The van der Waals surface area contributed by atoms with E-state index in [0.717, 1.165) is 28.9 Å². The Bertz CT molecular complexity index is 1400. The molecule has 50 heavy (non-hydrogen) atoms. The number of unbranched alkanes of at least 4 members (excludes halogenated alkanes) is 9. The van der Waals surface area contributed by atoms with Crippen molar-refractivity contribution < 1.29 is 32.2 Å². The third-order valence-corrected chi connectivity index (χ3v) is 9.79. The van der Waals surface area contributed by atoms with Gasteiger partial charge < -0.3 is 14.2 Å². The van der Waals surface area contributed by atoms with Crippen LogP contribution in [-0.4, -0.2) is 31.5 Å². The Morgan fingerprint density at radius 2 is 1.40 bits per heavy atom. The van der Waals surface area contributed by atoms with E-state index in [0.29, 0.717) is 58.3 Å². The van der Waals surface area contributed by atoms with Crippen LogP contribution >= 0.6 is 0 Å². The predicted molar refractivity (Wildman–Crippen MR) is 195 cm³/mol. The summed E-state index contributed by atoms with van der Waals surface area (Å²) < 4.78 is 57.3. The largest absolute Gasteiger partial charge is 0.489 e. The average molecular weight is 695 g/mol. The highest BCUT2D eigenvalue weighted by atomic mass is 19.4. The number of halogens is 3. The van der Waals surface area contributed by atoms with Crippen molar-refractivity contribution in [1.29, 1.82) is 0 Å². The van der Waals surface area contributed by atoms with Gasteiger partial charge in [-0.3, -0.25) is 4.79 Å². The fraction of sp³-hybridized carbons (Fsp3) is 0.558. The second-order valence-electron chi connectivity index (χ2n) is 13.8. The summed E-state index contributed by atoms with van der Waals surface area (Å²) in [6, 6.07) is 23.1. The SMILES string of the molecule is CCCCCCCCCCc1ccc(-c2ccc(COc3ccc4c(c3)CCC(C(=O)OC(CCCCCOCC)C(F)(F)F)C4)cc2)cc1. The van der Waals surface area contributed by atoms with Gasteiger partial charge in [-0.25, -0.2) is 0 Å². The lowest BCUT2D eigenvalue weighted by Crippen LogP contribution is -2.37. The number of alkyl halides is 3. The van der Waals surface area contributed by atoms with Gasteiger partial charge in [0.25, 0.3) is 0 Å². The monoisotopic (exact) mass is 694 g/mol. The maximum atomic E-state index is 13.6. The minimum absolute atomic E-state index is 0.222. The smallest absolute Gasteiger partial charge is 0.425 e. The Hall–Kier alpha value is -3.32. The number of hydrogen-bond donors (Lipinski definition) is 0. The van der Waals surface area contributed by atoms with E-state index in [2.05, 4.69) is 55.5 Å². The van der Waals surface area contributed by atoms with Crippen LogP contribution in [0.4, 0.5) is 13.2 Å². The Morgan fingerprint density at radius 1 is 0.760 bits per heavy atom. The average Bonchev–Trinajstić information content (AvgIpc) is 3.12. The summed E-state index contributed by atoms with van der Waals surface area (Å²) >= 11 is 0. The highest BCUT2D eigenvalue weighted by Crippen LogP contribution is 2.33. The van der Waals surface area contributed by atoms with Crippen molar-refractivity contribution in [2.45, 2.75) is 135 Å². The van der Waals surface area contributed by atoms with Gasteiger partial charge in [0.1, 0.15) is 12.4 Å². The number of esters is 1. The number of benzene rings is 3. The molecule has 2 atom stereocenters. The van der Waals surface area contributed by atoms with Crippen LogP contribution in [0.3, 0.4) is 0 Å². The Balaban J connectivity index is 1.20. The normalized spacial score (nSPS) is 15.0. The minimum atomic E-state index is -4.58. The molecule has 0 saturated heterocycles. The molecule has 3 aromatic carbocycles. The molecule has 0 aromatic heterocycles. The van der Waals surface area contributed by atoms with E-state index in [-0.39, 0.29) is 6.42 Å². The molecule has 4 rings (SSSR count). The van der Waals surface area contributed by atoms with Crippen molar-refractivity contribution >= 4 is 5.97 Å². The van der Waals surface area contributed by atoms with Crippen molar-refractivity contribution in [3.63, 3.8) is 0 Å². The Kier molecular flexibility index (Phi) is 16.7. The molecule has 0 fully saturated rings. The van der Waals surface area contributed by atoms with E-state index < -0.39 is 24.2 Å². The molecule has 0 aliphatic heterocycles. The summed E-state index contributed by atoms with van der Waals surface area (Å²) in [4.78, 5) is 12.8. The lowest BCUT2D eigenvalue weighted by molar-refractivity contribution is -0.225. The number of rotatable bonds is 22. The molecule has 4 nitrogen and oxygen atoms in total. The highest BCUT2D eigenvalue weighted by molar-refractivity contribution is 5.73. The van der Waals surface area contributed by atoms with Gasteiger partial charge in [0, 0.05) is 13.2 Å². The van der Waals surface area contributed by atoms with Crippen LogP contribution in [0.25, 0.3) is 11.1 Å². The van der Waals surface area contributed by atoms with E-state index in [9.17, 15) is 18.0 Å². The number of carbonyl (C=O) groups excluding carboxylic acids is 1. The molecule has 0 amide bonds. The quantitative estimate of drug-likeness (QED) is 0.0776. The summed E-state index contributed by atoms with van der Waals surface area (Å²) in [5.41, 5.74) is 6.86. The zero-order chi connectivity index (χ0) is 35.6. The van der Waals surface area contributed by atoms with Crippen LogP contribution in [0, 0.1) is 5.92 Å². The van der Waals surface area contributed by atoms with E-state index >= 15 is 0 Å². The van der Waals surface area contributed by atoms with Crippen LogP contribution in [0.5, 0.6) is 5.75 Å². The van der Waals surface area contributed by atoms with Gasteiger partial charge >= 0.3 is 12.1 Å². The standard InChI is InChI=1S/C43H57F3O4/c1-3-5-6-7-8-9-10-12-15-33-17-21-35(22-18-33)36-23-19-34(20-24-36)32-49-40-28-27-37-30-39(26-25-38(37)31-40)42(47)50-41(43(44,45)46)16-13-11-14-29-48-4-2/h17-24,27-28,31,39,41H,3-16,25-26,29-30,32H2,1-2H3. The van der Waals surface area contributed by atoms with Gasteiger partial charge in [0.05, 0.1) is 5.92 Å². The third-order valence-electron chi connectivity index (χ3n) is 9.79. The van der Waals surface area contributed by atoms with Gasteiger partial charge in [0.15, 0.2) is 6.10 Å². The zero-order valence-electron chi connectivity index (χ0n) is 30.2. The molecule has 274 valence electrons. The highest BCUT2D eigenvalue weighted by Gasteiger charge is 2.43. The lowest BCUT2D eigenvalue weighted by Gasteiger charge is -2.27. The molecule has 0 bridgehead atoms. The van der Waals surface area contributed by atoms with Gasteiger partial charge in [0.2, 0.25) is 0 Å². The van der Waals surface area contributed by atoms with E-state index in [1.54, 1.807) is 0 Å². The molecule has 0 saturated carbocycles. The molecular weight excluding hydrogens is 637 g/mol. The van der Waals surface area contributed by atoms with Crippen molar-refractivity contribution in [1.82, 2.24) is 0 Å². The maximum Gasteiger partial charge on any atom is 0.425 e. The van der Waals surface area contributed by atoms with Crippen molar-refractivity contribution in [2.75, 3.05) is 13.2 Å². The van der Waals surface area contributed by atoms with Crippen molar-refractivity contribution in [2.24, 2.45) is 5.92 Å². The second kappa shape index (κ2) is 21.1. The van der Waals surface area contributed by atoms with E-state index in [1.807, 2.05) is 25.1 Å². The van der Waals surface area contributed by atoms with Crippen LogP contribution in [0.15, 0.2) is 66.7 Å². The number of fused-ring (bicyclic) bond motifs is 1. The first-order chi connectivity index (χ1) is 24.3. The molecule has 3 aromatic rings. The van der Waals surface area contributed by atoms with Crippen molar-refractivity contribution in [3.05, 3.63) is 89.0 Å². The Morgan fingerprint density at radius 3 is 2.06 bits per heavy atom. The molecular formula is C43H57F3O4. The van der Waals surface area contributed by atoms with Crippen LogP contribution in [0.2, 0.25) is 0 Å². The molecule has 1 aliphatic carbocycles. The van der Waals surface area contributed by atoms with Gasteiger partial charge in [-0.05, 0) is 104 Å². The lowest BCUT2D eigenvalue weighted by atomic mass is 9.84. The van der Waals surface area contributed by atoms with E-state index in [4.69, 9.17) is 14.2 Å². The summed E-state index contributed by atoms with van der Waals surface area (Å²) in [5.74, 6) is -0.602. The number of hydrogen-bond acceptors (Lipinski definition) is 4. The van der Waals surface area contributed by atoms with E-state index in [1.165, 1.54) is 68.1 Å².